The van der Waals surface area contributed by atoms with Crippen molar-refractivity contribution in [3.05, 3.63) is 33.4 Å². The highest BCUT2D eigenvalue weighted by atomic mass is 35.5. The maximum Gasteiger partial charge on any atom is 0.446 e. The fourth-order valence-electron chi connectivity index (χ4n) is 3.25. The maximum absolute atomic E-state index is 13.4. The predicted molar refractivity (Wildman–Crippen MR) is 120 cm³/mol. The number of rotatable bonds is 5. The van der Waals surface area contributed by atoms with Gasteiger partial charge < -0.3 is 14.2 Å². The number of aromatic nitrogens is 2. The van der Waals surface area contributed by atoms with Gasteiger partial charge in [0.25, 0.3) is 0 Å². The summed E-state index contributed by atoms with van der Waals surface area (Å²) in [6.07, 6.45) is -6.70. The van der Waals surface area contributed by atoms with Crippen LogP contribution < -0.4 is 4.90 Å². The third kappa shape index (κ3) is 6.74. The fraction of sp³-hybridized carbons (Fsp3) is 0.450. The molecule has 1 saturated heterocycles. The second-order valence-electron chi connectivity index (χ2n) is 7.95. The normalized spacial score (nSPS) is 17.5. The summed E-state index contributed by atoms with van der Waals surface area (Å²) in [7, 11) is 1.01. The first kappa shape index (κ1) is 29.2. The van der Waals surface area contributed by atoms with Gasteiger partial charge in [0.1, 0.15) is 24.5 Å². The molecule has 1 unspecified atom stereocenters. The minimum atomic E-state index is -4.94. The number of ether oxygens (including phenoxy) is 3. The van der Waals surface area contributed by atoms with Crippen molar-refractivity contribution in [1.29, 1.82) is 5.26 Å². The van der Waals surface area contributed by atoms with Crippen molar-refractivity contribution in [3.8, 4) is 11.8 Å². The Bertz CT molecular complexity index is 1220. The van der Waals surface area contributed by atoms with E-state index in [1.165, 1.54) is 6.07 Å². The van der Waals surface area contributed by atoms with Gasteiger partial charge in [-0.05, 0) is 37.7 Å². The van der Waals surface area contributed by atoms with E-state index < -0.39 is 79.1 Å². The molecule has 0 aliphatic carbocycles. The molecule has 17 heteroatoms. The molecule has 0 saturated carbocycles. The summed E-state index contributed by atoms with van der Waals surface area (Å²) in [5.41, 5.74) is -7.46. The zero-order valence-corrected chi connectivity index (χ0v) is 21.3. The quantitative estimate of drug-likeness (QED) is 0.293. The number of carbonyl (C=O) groups is 1. The van der Waals surface area contributed by atoms with Crippen molar-refractivity contribution in [3.63, 3.8) is 0 Å². The fourth-order valence-corrected chi connectivity index (χ4v) is 4.63. The summed E-state index contributed by atoms with van der Waals surface area (Å²) < 4.78 is 96.1. The summed E-state index contributed by atoms with van der Waals surface area (Å²) in [6.45, 7) is 2.99. The van der Waals surface area contributed by atoms with Crippen molar-refractivity contribution in [1.82, 2.24) is 9.78 Å². The number of nitriles is 1. The van der Waals surface area contributed by atoms with Crippen molar-refractivity contribution in [2.45, 2.75) is 42.3 Å². The Morgan fingerprint density at radius 1 is 1.30 bits per heavy atom. The van der Waals surface area contributed by atoms with E-state index in [1.807, 2.05) is 0 Å². The van der Waals surface area contributed by atoms with Crippen LogP contribution in [0.3, 0.4) is 0 Å². The number of carbonyl (C=O) groups excluding carboxylic acids is 1. The first-order valence-electron chi connectivity index (χ1n) is 10.0. The molecular formula is C20H16Cl2F6N4O4S. The number of halogens is 8. The van der Waals surface area contributed by atoms with E-state index in [0.717, 1.165) is 7.05 Å². The Balaban J connectivity index is 2.08. The molecule has 1 fully saturated rings. The average molecular weight is 593 g/mol. The Hall–Kier alpha value is -2.38. The second-order valence-corrected chi connectivity index (χ2v) is 9.84. The van der Waals surface area contributed by atoms with E-state index in [-0.39, 0.29) is 13.2 Å². The van der Waals surface area contributed by atoms with Crippen molar-refractivity contribution >= 4 is 46.9 Å². The van der Waals surface area contributed by atoms with Crippen LogP contribution in [0, 0.1) is 11.3 Å². The van der Waals surface area contributed by atoms with Crippen LogP contribution in [0.1, 0.15) is 25.1 Å². The van der Waals surface area contributed by atoms with Crippen LogP contribution >= 0.6 is 35.0 Å². The molecule has 1 atom stereocenters. The zero-order chi connectivity index (χ0) is 27.9. The molecule has 202 valence electrons. The Morgan fingerprint density at radius 3 is 2.35 bits per heavy atom. The SMILES string of the molecule is CN(C(=O)OCC1COC(C)(C)O1)c1c(SC(F)(F)F)c(C#N)nn1-c1c(Cl)cc(C(F)(F)F)cc1Cl. The third-order valence-electron chi connectivity index (χ3n) is 4.75. The molecule has 2 heterocycles. The molecule has 1 amide bonds. The first-order valence-corrected chi connectivity index (χ1v) is 11.6. The van der Waals surface area contributed by atoms with E-state index in [9.17, 15) is 36.4 Å². The van der Waals surface area contributed by atoms with Gasteiger partial charge in [-0.2, -0.15) is 36.7 Å². The van der Waals surface area contributed by atoms with Crippen LogP contribution in [-0.4, -0.2) is 53.5 Å². The topological polar surface area (TPSA) is 89.6 Å². The Kier molecular flexibility index (Phi) is 8.21. The number of hydrogen-bond donors (Lipinski definition) is 0. The van der Waals surface area contributed by atoms with E-state index in [1.54, 1.807) is 13.8 Å². The standard InChI is InChI=1S/C20H16Cl2F6N4O4S/c1-18(2)35-8-10(36-18)7-34-17(33)31(3)16-15(37-20(26,27)28)13(6-29)30-32(16)14-11(21)4-9(5-12(14)22)19(23,24)25/h4-5,10H,7-8H2,1-3H3. The summed E-state index contributed by atoms with van der Waals surface area (Å²) in [4.78, 5) is 12.6. The third-order valence-corrected chi connectivity index (χ3v) is 6.14. The predicted octanol–water partition coefficient (Wildman–Crippen LogP) is 6.41. The Morgan fingerprint density at radius 2 is 1.89 bits per heavy atom. The second kappa shape index (κ2) is 10.4. The zero-order valence-electron chi connectivity index (χ0n) is 19.0. The smallest absolute Gasteiger partial charge is 0.446 e. The van der Waals surface area contributed by atoms with E-state index in [0.29, 0.717) is 21.7 Å². The minimum Gasteiger partial charge on any atom is -0.446 e. The van der Waals surface area contributed by atoms with Gasteiger partial charge in [-0.15, -0.1) is 0 Å². The minimum absolute atomic E-state index is 0.0758. The van der Waals surface area contributed by atoms with E-state index >= 15 is 0 Å². The summed E-state index contributed by atoms with van der Waals surface area (Å²) >= 11 is 11.3. The molecule has 0 radical (unpaired) electrons. The molecule has 3 rings (SSSR count). The number of nitrogens with zero attached hydrogens (tertiary/aromatic N) is 4. The van der Waals surface area contributed by atoms with Crippen LogP contribution in [-0.2, 0) is 20.4 Å². The van der Waals surface area contributed by atoms with Crippen LogP contribution in [0.25, 0.3) is 5.69 Å². The van der Waals surface area contributed by atoms with Crippen LogP contribution in [0.2, 0.25) is 10.0 Å². The van der Waals surface area contributed by atoms with Gasteiger partial charge in [0, 0.05) is 7.05 Å². The molecule has 8 nitrogen and oxygen atoms in total. The van der Waals surface area contributed by atoms with E-state index in [4.69, 9.17) is 37.4 Å². The first-order chi connectivity index (χ1) is 16.9. The highest BCUT2D eigenvalue weighted by Crippen LogP contribution is 2.46. The lowest BCUT2D eigenvalue weighted by Gasteiger charge is -2.22. The molecule has 0 bridgehead atoms. The molecule has 1 aliphatic heterocycles. The number of thioether (sulfide) groups is 1. The number of benzene rings is 1. The van der Waals surface area contributed by atoms with Crippen molar-refractivity contribution in [2.75, 3.05) is 25.2 Å². The molecule has 0 spiro atoms. The van der Waals surface area contributed by atoms with Crippen molar-refractivity contribution < 1.29 is 45.3 Å². The van der Waals surface area contributed by atoms with Gasteiger partial charge in [-0.1, -0.05) is 23.2 Å². The molecular weight excluding hydrogens is 577 g/mol. The lowest BCUT2D eigenvalue weighted by atomic mass is 10.2. The molecule has 1 aromatic heterocycles. The van der Waals surface area contributed by atoms with Gasteiger partial charge in [-0.25, -0.2) is 9.48 Å². The van der Waals surface area contributed by atoms with Gasteiger partial charge in [0.2, 0.25) is 0 Å². The molecule has 1 aliphatic rings. The number of hydrogen-bond acceptors (Lipinski definition) is 7. The lowest BCUT2D eigenvalue weighted by molar-refractivity contribution is -0.142. The average Bonchev–Trinajstić information content (AvgIpc) is 3.28. The monoisotopic (exact) mass is 592 g/mol. The van der Waals surface area contributed by atoms with Gasteiger partial charge in [0.15, 0.2) is 17.3 Å². The van der Waals surface area contributed by atoms with Gasteiger partial charge >= 0.3 is 17.8 Å². The lowest BCUT2D eigenvalue weighted by Crippen LogP contribution is -2.33. The highest BCUT2D eigenvalue weighted by molar-refractivity contribution is 8.00. The van der Waals surface area contributed by atoms with Gasteiger partial charge in [-0.3, -0.25) is 4.90 Å². The van der Waals surface area contributed by atoms with Crippen LogP contribution in [0.5, 0.6) is 0 Å². The summed E-state index contributed by atoms with van der Waals surface area (Å²) in [5.74, 6) is -1.60. The molecule has 2 aromatic rings. The summed E-state index contributed by atoms with van der Waals surface area (Å²) in [5, 5.41) is 11.9. The number of anilines is 1. The van der Waals surface area contributed by atoms with E-state index in [2.05, 4.69) is 5.10 Å². The van der Waals surface area contributed by atoms with Gasteiger partial charge in [0.05, 0.1) is 27.1 Å². The number of amides is 1. The molecule has 0 N–H and O–H groups in total. The van der Waals surface area contributed by atoms with Crippen LogP contribution in [0.4, 0.5) is 37.0 Å². The Labute approximate surface area is 219 Å². The highest BCUT2D eigenvalue weighted by Gasteiger charge is 2.39. The summed E-state index contributed by atoms with van der Waals surface area (Å²) in [6, 6.07) is 2.43. The largest absolute Gasteiger partial charge is 0.446 e. The molecule has 1 aromatic carbocycles. The van der Waals surface area contributed by atoms with Crippen molar-refractivity contribution in [2.24, 2.45) is 0 Å². The number of alkyl halides is 6. The molecule has 37 heavy (non-hydrogen) atoms. The maximum atomic E-state index is 13.4. The van der Waals surface area contributed by atoms with Crippen LogP contribution in [0.15, 0.2) is 17.0 Å².